The van der Waals surface area contributed by atoms with Crippen molar-refractivity contribution in [3.8, 4) is 17.2 Å². The number of anilines is 1. The van der Waals surface area contributed by atoms with Gasteiger partial charge in [0.2, 0.25) is 6.10 Å². The first kappa shape index (κ1) is 28.1. The second-order valence-electron chi connectivity index (χ2n) is 8.61. The maximum atomic E-state index is 13.5. The van der Waals surface area contributed by atoms with Crippen LogP contribution in [0.25, 0.3) is 10.2 Å². The van der Waals surface area contributed by atoms with Crippen molar-refractivity contribution < 1.29 is 28.0 Å². The fourth-order valence-electron chi connectivity index (χ4n) is 3.78. The topological polar surface area (TPSA) is 107 Å². The van der Waals surface area contributed by atoms with Gasteiger partial charge >= 0.3 is 0 Å². The second-order valence-corrected chi connectivity index (χ2v) is 11.4. The molecule has 0 bridgehead atoms. The maximum Gasteiger partial charge on any atom is 0.271 e. The van der Waals surface area contributed by atoms with Gasteiger partial charge in [-0.3, -0.25) is 19.1 Å². The number of methoxy groups -OCH3 is 2. The Morgan fingerprint density at radius 1 is 1.00 bits per heavy atom. The number of hydrogen-bond donors (Lipinski definition) is 1. The molecule has 0 spiro atoms. The molecule has 0 aliphatic rings. The maximum absolute atomic E-state index is 13.5. The first-order valence-corrected chi connectivity index (χ1v) is 14.2. The zero-order chi connectivity index (χ0) is 28.1. The molecule has 11 heteroatoms. The normalized spacial score (nSPS) is 12.4. The molecular weight excluding hydrogens is 538 g/mol. The van der Waals surface area contributed by atoms with Crippen molar-refractivity contribution in [3.05, 3.63) is 71.8 Å². The number of carbonyl (C=O) groups is 2. The smallest absolute Gasteiger partial charge is 0.271 e. The fraction of sp³-hybridized carbons (Fsp3) is 0.250. The van der Waals surface area contributed by atoms with Crippen LogP contribution in [0.4, 0.5) is 5.13 Å². The molecule has 1 aromatic heterocycles. The molecule has 0 saturated heterocycles. The van der Waals surface area contributed by atoms with Crippen LogP contribution in [0.15, 0.2) is 65.6 Å². The van der Waals surface area contributed by atoms with Gasteiger partial charge < -0.3 is 19.1 Å². The SMILES string of the molecule is CCS(=O)c1ccc(C(Oc2ccc(C(=O)N(C)C)cc2)C(=O)Nc2nc3cc(OC)c(OC)cc3s2)cc1. The Bertz CT molecular complexity index is 1460. The molecule has 4 rings (SSSR count). The second kappa shape index (κ2) is 12.3. The zero-order valence-electron chi connectivity index (χ0n) is 22.2. The molecule has 2 atom stereocenters. The van der Waals surface area contributed by atoms with Crippen molar-refractivity contribution in [2.45, 2.75) is 17.9 Å². The minimum atomic E-state index is -1.12. The van der Waals surface area contributed by atoms with Crippen molar-refractivity contribution in [1.82, 2.24) is 9.88 Å². The number of nitrogens with one attached hydrogen (secondary N) is 1. The summed E-state index contributed by atoms with van der Waals surface area (Å²) in [5, 5.41) is 3.24. The van der Waals surface area contributed by atoms with Crippen LogP contribution in [0.2, 0.25) is 0 Å². The van der Waals surface area contributed by atoms with Crippen molar-refractivity contribution in [1.29, 1.82) is 0 Å². The predicted molar refractivity (Wildman–Crippen MR) is 153 cm³/mol. The van der Waals surface area contributed by atoms with Crippen LogP contribution in [-0.4, -0.2) is 60.0 Å². The molecule has 0 radical (unpaired) electrons. The van der Waals surface area contributed by atoms with E-state index in [2.05, 4.69) is 10.3 Å². The van der Waals surface area contributed by atoms with Crippen molar-refractivity contribution in [2.75, 3.05) is 39.4 Å². The van der Waals surface area contributed by atoms with Crippen LogP contribution in [0.5, 0.6) is 17.2 Å². The summed E-state index contributed by atoms with van der Waals surface area (Å²) in [5.74, 6) is 1.42. The monoisotopic (exact) mass is 567 g/mol. The molecule has 1 N–H and O–H groups in total. The van der Waals surface area contributed by atoms with Gasteiger partial charge in [0.25, 0.3) is 11.8 Å². The minimum absolute atomic E-state index is 0.139. The quantitative estimate of drug-likeness (QED) is 0.290. The molecule has 3 aromatic carbocycles. The largest absolute Gasteiger partial charge is 0.493 e. The van der Waals surface area contributed by atoms with Gasteiger partial charge in [0, 0.05) is 48.0 Å². The number of fused-ring (bicyclic) bond motifs is 1. The molecule has 4 aromatic rings. The summed E-state index contributed by atoms with van der Waals surface area (Å²) in [5.41, 5.74) is 1.72. The standard InChI is InChI=1S/C28H29N3O6S2/c1-6-39(34)20-13-9-17(10-14-20)25(37-19-11-7-18(8-12-19)27(33)31(2)3)26(32)30-28-29-21-15-22(35-4)23(36-5)16-24(21)38-28/h7-16,25H,6H2,1-5H3,(H,29,30,32). The third-order valence-electron chi connectivity index (χ3n) is 5.83. The number of rotatable bonds is 10. The lowest BCUT2D eigenvalue weighted by Gasteiger charge is -2.19. The van der Waals surface area contributed by atoms with Gasteiger partial charge in [-0.2, -0.15) is 0 Å². The highest BCUT2D eigenvalue weighted by Gasteiger charge is 2.25. The van der Waals surface area contributed by atoms with Crippen LogP contribution in [0, 0.1) is 0 Å². The molecule has 0 saturated carbocycles. The Balaban J connectivity index is 1.63. The first-order chi connectivity index (χ1) is 18.7. The Kier molecular flexibility index (Phi) is 8.82. The van der Waals surface area contributed by atoms with Crippen molar-refractivity contribution in [2.24, 2.45) is 0 Å². The van der Waals surface area contributed by atoms with Crippen molar-refractivity contribution >= 4 is 49.3 Å². The highest BCUT2D eigenvalue weighted by molar-refractivity contribution is 7.85. The lowest BCUT2D eigenvalue weighted by molar-refractivity contribution is -0.123. The molecule has 9 nitrogen and oxygen atoms in total. The van der Waals surface area contributed by atoms with E-state index in [0.29, 0.717) is 49.7 Å². The molecule has 0 fully saturated rings. The van der Waals surface area contributed by atoms with E-state index in [1.165, 1.54) is 16.2 Å². The average molecular weight is 568 g/mol. The van der Waals surface area contributed by atoms with E-state index >= 15 is 0 Å². The number of amides is 2. The molecule has 1 heterocycles. The number of aromatic nitrogens is 1. The Morgan fingerprint density at radius 2 is 1.64 bits per heavy atom. The summed E-state index contributed by atoms with van der Waals surface area (Å²) in [6, 6.07) is 17.1. The van der Waals surface area contributed by atoms with Crippen LogP contribution in [0.1, 0.15) is 28.9 Å². The van der Waals surface area contributed by atoms with Crippen LogP contribution in [0.3, 0.4) is 0 Å². The van der Waals surface area contributed by atoms with Crippen LogP contribution in [-0.2, 0) is 15.6 Å². The molecule has 0 aliphatic heterocycles. The fourth-order valence-corrected chi connectivity index (χ4v) is 5.44. The number of nitrogens with zero attached hydrogens (tertiary/aromatic N) is 2. The molecule has 0 aliphatic carbocycles. The van der Waals surface area contributed by atoms with Crippen molar-refractivity contribution in [3.63, 3.8) is 0 Å². The van der Waals surface area contributed by atoms with Gasteiger partial charge in [-0.05, 0) is 36.4 Å². The summed E-state index contributed by atoms with van der Waals surface area (Å²) in [4.78, 5) is 32.5. The number of hydrogen-bond acceptors (Lipinski definition) is 8. The Morgan fingerprint density at radius 3 is 2.23 bits per heavy atom. The van der Waals surface area contributed by atoms with Gasteiger partial charge in [-0.15, -0.1) is 0 Å². The third kappa shape index (κ3) is 6.37. The van der Waals surface area contributed by atoms with Gasteiger partial charge in [0.05, 0.1) is 35.2 Å². The highest BCUT2D eigenvalue weighted by Crippen LogP contribution is 2.36. The number of carbonyl (C=O) groups excluding carboxylic acids is 2. The third-order valence-corrected chi connectivity index (χ3v) is 8.09. The summed E-state index contributed by atoms with van der Waals surface area (Å²) < 4.78 is 29.9. The molecule has 2 unspecified atom stereocenters. The summed E-state index contributed by atoms with van der Waals surface area (Å²) in [6.07, 6.45) is -1.04. The van der Waals surface area contributed by atoms with E-state index in [1.807, 2.05) is 6.92 Å². The minimum Gasteiger partial charge on any atom is -0.493 e. The van der Waals surface area contributed by atoms with Crippen LogP contribution < -0.4 is 19.5 Å². The predicted octanol–water partition coefficient (Wildman–Crippen LogP) is 4.90. The average Bonchev–Trinajstić information content (AvgIpc) is 3.35. The van der Waals surface area contributed by atoms with Gasteiger partial charge in [0.15, 0.2) is 16.6 Å². The van der Waals surface area contributed by atoms with Gasteiger partial charge in [0.1, 0.15) is 5.75 Å². The number of benzene rings is 3. The van der Waals surface area contributed by atoms with Gasteiger partial charge in [-0.1, -0.05) is 30.4 Å². The molecule has 39 heavy (non-hydrogen) atoms. The first-order valence-electron chi connectivity index (χ1n) is 12.0. The lowest BCUT2D eigenvalue weighted by Crippen LogP contribution is -2.26. The molecule has 204 valence electrons. The van der Waals surface area contributed by atoms with E-state index in [-0.39, 0.29) is 5.91 Å². The number of thiazole rings is 1. The lowest BCUT2D eigenvalue weighted by atomic mass is 10.1. The van der Waals surface area contributed by atoms with Crippen LogP contribution >= 0.6 is 11.3 Å². The van der Waals surface area contributed by atoms with E-state index in [0.717, 1.165) is 4.70 Å². The van der Waals surface area contributed by atoms with E-state index < -0.39 is 22.8 Å². The highest BCUT2D eigenvalue weighted by atomic mass is 32.2. The summed E-state index contributed by atoms with van der Waals surface area (Å²) in [7, 11) is 5.33. The summed E-state index contributed by atoms with van der Waals surface area (Å²) >= 11 is 1.29. The zero-order valence-corrected chi connectivity index (χ0v) is 23.9. The molecular formula is C28H29N3O6S2. The Hall–Kier alpha value is -3.96. The van der Waals surface area contributed by atoms with E-state index in [1.54, 1.807) is 89.0 Å². The summed E-state index contributed by atoms with van der Waals surface area (Å²) in [6.45, 7) is 1.84. The number of ether oxygens (including phenoxy) is 3. The Labute approximate surface area is 233 Å². The van der Waals surface area contributed by atoms with E-state index in [9.17, 15) is 13.8 Å². The molecule has 2 amide bonds. The van der Waals surface area contributed by atoms with E-state index in [4.69, 9.17) is 14.2 Å². The van der Waals surface area contributed by atoms with Gasteiger partial charge in [-0.25, -0.2) is 4.98 Å².